The number of nitrogens with zero attached hydrogens (tertiary/aromatic N) is 1. The summed E-state index contributed by atoms with van der Waals surface area (Å²) in [5.41, 5.74) is 1.26. The number of benzene rings is 3. The quantitative estimate of drug-likeness (QED) is 0.210. The maximum Gasteiger partial charge on any atom is 0.329 e. The molecule has 3 atom stereocenters. The van der Waals surface area contributed by atoms with E-state index in [-0.39, 0.29) is 24.4 Å². The van der Waals surface area contributed by atoms with E-state index < -0.39 is 40.9 Å². The molecule has 3 aromatic rings. The van der Waals surface area contributed by atoms with Crippen molar-refractivity contribution in [2.75, 3.05) is 24.7 Å². The highest BCUT2D eigenvalue weighted by molar-refractivity contribution is 6.03. The molecule has 1 saturated carbocycles. The van der Waals surface area contributed by atoms with Crippen molar-refractivity contribution in [1.82, 2.24) is 5.32 Å². The second kappa shape index (κ2) is 13.5. The molecule has 3 aromatic carbocycles. The largest absolute Gasteiger partial charge is 0.480 e. The van der Waals surface area contributed by atoms with E-state index in [0.29, 0.717) is 63.0 Å². The Bertz CT molecular complexity index is 1590. The van der Waals surface area contributed by atoms with Gasteiger partial charge in [-0.2, -0.15) is 0 Å². The lowest BCUT2D eigenvalue weighted by atomic mass is 9.77. The normalized spacial score (nSPS) is 21.6. The number of carboxylic acids is 1. The summed E-state index contributed by atoms with van der Waals surface area (Å²) < 4.78 is 38.4. The molecule has 1 aliphatic carbocycles. The van der Waals surface area contributed by atoms with Crippen LogP contribution in [0.5, 0.6) is 0 Å². The van der Waals surface area contributed by atoms with Crippen molar-refractivity contribution in [3.05, 3.63) is 101 Å². The Kier molecular flexibility index (Phi) is 9.41. The van der Waals surface area contributed by atoms with Crippen molar-refractivity contribution < 1.29 is 42.9 Å². The number of hydrogen-bond donors (Lipinski definition) is 3. The van der Waals surface area contributed by atoms with Crippen LogP contribution < -0.4 is 10.2 Å². The van der Waals surface area contributed by atoms with Crippen LogP contribution in [0.15, 0.2) is 72.8 Å². The van der Waals surface area contributed by atoms with Gasteiger partial charge in [-0.3, -0.25) is 9.59 Å². The van der Waals surface area contributed by atoms with Crippen LogP contribution in [0, 0.1) is 17.6 Å². The van der Waals surface area contributed by atoms with Gasteiger partial charge in [0.05, 0.1) is 31.3 Å². The molecule has 2 saturated heterocycles. The zero-order chi connectivity index (χ0) is 33.2. The minimum Gasteiger partial charge on any atom is -0.480 e. The summed E-state index contributed by atoms with van der Waals surface area (Å²) in [6, 6.07) is 19.0. The van der Waals surface area contributed by atoms with E-state index in [0.717, 1.165) is 17.5 Å². The predicted octanol–water partition coefficient (Wildman–Crippen LogP) is 5.02. The first-order valence-corrected chi connectivity index (χ1v) is 16.0. The lowest BCUT2D eigenvalue weighted by molar-refractivity contribution is -0.212. The smallest absolute Gasteiger partial charge is 0.329 e. The van der Waals surface area contributed by atoms with Gasteiger partial charge in [0.1, 0.15) is 29.4 Å². The van der Waals surface area contributed by atoms with Gasteiger partial charge in [0, 0.05) is 5.69 Å². The molecule has 47 heavy (non-hydrogen) atoms. The Labute approximate surface area is 271 Å². The number of hydrogen-bond acceptors (Lipinski definition) is 6. The second-order valence-electron chi connectivity index (χ2n) is 12.9. The molecule has 0 unspecified atom stereocenters. The van der Waals surface area contributed by atoms with Gasteiger partial charge in [-0.05, 0) is 98.0 Å². The summed E-state index contributed by atoms with van der Waals surface area (Å²) in [5.74, 6) is -2.79. The molecule has 0 radical (unpaired) electrons. The van der Waals surface area contributed by atoms with E-state index in [1.54, 1.807) is 17.0 Å². The predicted molar refractivity (Wildman–Crippen MR) is 167 cm³/mol. The molecule has 0 spiro atoms. The molecule has 2 aliphatic heterocycles. The van der Waals surface area contributed by atoms with E-state index in [9.17, 15) is 33.4 Å². The first kappa shape index (κ1) is 32.7. The van der Waals surface area contributed by atoms with Crippen molar-refractivity contribution in [1.29, 1.82) is 0 Å². The fourth-order valence-corrected chi connectivity index (χ4v) is 6.62. The Morgan fingerprint density at radius 3 is 2.17 bits per heavy atom. The van der Waals surface area contributed by atoms with Gasteiger partial charge in [0.25, 0.3) is 0 Å². The third kappa shape index (κ3) is 6.93. The zero-order valence-electron chi connectivity index (χ0n) is 25.9. The summed E-state index contributed by atoms with van der Waals surface area (Å²) in [6.07, 6.45) is 2.68. The summed E-state index contributed by atoms with van der Waals surface area (Å²) >= 11 is 0. The molecule has 0 bridgehead atoms. The summed E-state index contributed by atoms with van der Waals surface area (Å²) in [6.45, 7) is 0.429. The number of halogens is 2. The number of β-lactam (4-membered cyclic amide) rings is 1. The maximum absolute atomic E-state index is 13.7. The molecule has 6 rings (SSSR count). The minimum atomic E-state index is -1.19. The highest BCUT2D eigenvalue weighted by Crippen LogP contribution is 2.46. The maximum atomic E-state index is 13.7. The van der Waals surface area contributed by atoms with Crippen LogP contribution >= 0.6 is 0 Å². The van der Waals surface area contributed by atoms with Crippen molar-refractivity contribution in [3.63, 3.8) is 0 Å². The SMILES string of the molecule is O=C(COC1(CCc2ccc([C@@H]3[C@@H](CC[C@H](O)c4ccc(F)cc4)C(=O)N3c3ccc(F)cc3)cc2)COC1)NC1(C(=O)O)CCC1. The van der Waals surface area contributed by atoms with Crippen molar-refractivity contribution in [2.24, 2.45) is 5.92 Å². The average molecular weight is 649 g/mol. The van der Waals surface area contributed by atoms with E-state index in [1.165, 1.54) is 36.4 Å². The molecular weight excluding hydrogens is 610 g/mol. The second-order valence-corrected chi connectivity index (χ2v) is 12.9. The third-order valence-corrected chi connectivity index (χ3v) is 9.75. The van der Waals surface area contributed by atoms with Crippen LogP contribution in [-0.4, -0.2) is 59.0 Å². The zero-order valence-corrected chi connectivity index (χ0v) is 25.9. The van der Waals surface area contributed by atoms with E-state index in [2.05, 4.69) is 5.32 Å². The topological polar surface area (TPSA) is 125 Å². The van der Waals surface area contributed by atoms with Crippen molar-refractivity contribution in [2.45, 2.75) is 68.2 Å². The van der Waals surface area contributed by atoms with Crippen LogP contribution in [0.1, 0.15) is 67.4 Å². The van der Waals surface area contributed by atoms with Gasteiger partial charge in [0.15, 0.2) is 0 Å². The number of anilines is 1. The van der Waals surface area contributed by atoms with Gasteiger partial charge in [-0.1, -0.05) is 36.4 Å². The number of aryl methyl sites for hydroxylation is 1. The highest BCUT2D eigenvalue weighted by Gasteiger charge is 2.49. The Morgan fingerprint density at radius 2 is 1.62 bits per heavy atom. The Balaban J connectivity index is 1.09. The van der Waals surface area contributed by atoms with Gasteiger partial charge < -0.3 is 29.9 Å². The van der Waals surface area contributed by atoms with E-state index >= 15 is 0 Å². The third-order valence-electron chi connectivity index (χ3n) is 9.75. The lowest BCUT2D eigenvalue weighted by Crippen LogP contribution is -2.60. The number of carbonyl (C=O) groups is 3. The summed E-state index contributed by atoms with van der Waals surface area (Å²) in [4.78, 5) is 39.1. The number of carboxylic acid groups (broad SMARTS) is 1. The van der Waals surface area contributed by atoms with Crippen LogP contribution in [0.3, 0.4) is 0 Å². The summed E-state index contributed by atoms with van der Waals surface area (Å²) in [7, 11) is 0. The van der Waals surface area contributed by atoms with Crippen molar-refractivity contribution >= 4 is 23.5 Å². The lowest BCUT2D eigenvalue weighted by Gasteiger charge is -2.48. The van der Waals surface area contributed by atoms with Crippen molar-refractivity contribution in [3.8, 4) is 0 Å². The molecule has 0 aromatic heterocycles. The molecule has 2 heterocycles. The number of aliphatic carboxylic acids is 1. The molecule has 2 amide bonds. The number of carbonyl (C=O) groups excluding carboxylic acids is 2. The molecule has 3 fully saturated rings. The number of ether oxygens (including phenoxy) is 2. The van der Waals surface area contributed by atoms with E-state index in [4.69, 9.17) is 9.47 Å². The van der Waals surface area contributed by atoms with Gasteiger partial charge >= 0.3 is 5.97 Å². The molecule has 9 nitrogen and oxygen atoms in total. The first-order valence-electron chi connectivity index (χ1n) is 16.0. The molecular formula is C36H38F2N2O7. The Morgan fingerprint density at radius 1 is 0.979 bits per heavy atom. The van der Waals surface area contributed by atoms with Crippen LogP contribution in [-0.2, 0) is 30.3 Å². The number of amides is 2. The van der Waals surface area contributed by atoms with E-state index in [1.807, 2.05) is 24.3 Å². The monoisotopic (exact) mass is 648 g/mol. The minimum absolute atomic E-state index is 0.114. The number of nitrogens with one attached hydrogen (secondary N) is 1. The molecule has 11 heteroatoms. The van der Waals surface area contributed by atoms with Crippen LogP contribution in [0.25, 0.3) is 0 Å². The number of aliphatic hydroxyl groups excluding tert-OH is 1. The first-order chi connectivity index (χ1) is 22.6. The fraction of sp³-hybridized carbons (Fsp3) is 0.417. The van der Waals surface area contributed by atoms with Crippen LogP contribution in [0.4, 0.5) is 14.5 Å². The highest BCUT2D eigenvalue weighted by atomic mass is 19.1. The fourth-order valence-electron chi connectivity index (χ4n) is 6.62. The number of aliphatic hydroxyl groups is 1. The van der Waals surface area contributed by atoms with Crippen LogP contribution in [0.2, 0.25) is 0 Å². The standard InChI is InChI=1S/C36H38F2N2O7/c37-26-8-6-24(7-9-26)30(41)15-14-29-32(40(33(29)43)28-12-10-27(38)11-13-28)25-4-2-23(3-5-25)16-19-35(21-46-22-35)47-20-31(42)39-36(34(44)45)17-1-18-36/h2-13,29-30,32,41H,1,14-22H2,(H,39,42)(H,44,45)/t29-,30+,32-/m1/s1. The molecule has 248 valence electrons. The average Bonchev–Trinajstić information content (AvgIpc) is 3.02. The molecule has 3 N–H and O–H groups in total. The Hall–Kier alpha value is -4.19. The van der Waals surface area contributed by atoms with Gasteiger partial charge in [-0.25, -0.2) is 13.6 Å². The molecule has 3 aliphatic rings. The number of rotatable bonds is 14. The summed E-state index contributed by atoms with van der Waals surface area (Å²) in [5, 5.41) is 22.8. The van der Waals surface area contributed by atoms with Gasteiger partial charge in [0.2, 0.25) is 11.8 Å². The van der Waals surface area contributed by atoms with Gasteiger partial charge in [-0.15, -0.1) is 0 Å².